The monoisotopic (exact) mass is 558 g/mol. The van der Waals surface area contributed by atoms with Crippen molar-refractivity contribution in [1.29, 1.82) is 0 Å². The smallest absolute Gasteiger partial charge is 0.529 e. The molecule has 4 aliphatic rings. The minimum atomic E-state index is -0.372. The third-order valence-electron chi connectivity index (χ3n) is 7.76. The first-order chi connectivity index (χ1) is 11.4. The van der Waals surface area contributed by atoms with Crippen LogP contribution in [-0.4, -0.2) is 17.0 Å². The summed E-state index contributed by atoms with van der Waals surface area (Å²) in [6.45, 7) is 4.83. The number of rotatable bonds is 0. The van der Waals surface area contributed by atoms with Gasteiger partial charge in [0.25, 0.3) is 0 Å². The van der Waals surface area contributed by atoms with Gasteiger partial charge in [-0.3, -0.25) is 4.79 Å². The maximum absolute atomic E-state index is 11.8. The molecule has 0 saturated heterocycles. The molecule has 0 aromatic rings. The van der Waals surface area contributed by atoms with E-state index >= 15 is 0 Å². The second kappa shape index (κ2) is 10.1. The minimum Gasteiger partial charge on any atom is -0.529 e. The molecule has 0 aromatic heterocycles. The summed E-state index contributed by atoms with van der Waals surface area (Å²) >= 11 is 0. The number of aliphatic hydroxyl groups excluding tert-OH is 1. The van der Waals surface area contributed by atoms with Crippen LogP contribution in [0.2, 0.25) is 0 Å². The van der Waals surface area contributed by atoms with Crippen molar-refractivity contribution in [3.8, 4) is 0 Å². The van der Waals surface area contributed by atoms with Crippen molar-refractivity contribution in [2.24, 2.45) is 34.5 Å². The molecule has 26 heavy (non-hydrogen) atoms. The van der Waals surface area contributed by atoms with Crippen molar-refractivity contribution in [2.75, 3.05) is 0 Å². The zero-order valence-electron chi connectivity index (χ0n) is 16.3. The van der Waals surface area contributed by atoms with Crippen molar-refractivity contribution in [1.82, 2.24) is 0 Å². The Morgan fingerprint density at radius 3 is 2.54 bits per heavy atom. The van der Waals surface area contributed by atoms with Gasteiger partial charge < -0.3 is 15.9 Å². The summed E-state index contributed by atoms with van der Waals surface area (Å²) in [5.74, 6) is 11.9. The zero-order valence-corrected chi connectivity index (χ0v) is 22.3. The number of carbonyl (C=O) groups is 1. The molecule has 0 aromatic carbocycles. The molecule has 4 rings (SSSR count). The summed E-state index contributed by atoms with van der Waals surface area (Å²) in [7, 11) is 0. The Balaban J connectivity index is 0.000000635. The predicted molar refractivity (Wildman–Crippen MR) is 92.3 cm³/mol. The van der Waals surface area contributed by atoms with Crippen molar-refractivity contribution in [3.05, 3.63) is 17.5 Å². The van der Waals surface area contributed by atoms with Gasteiger partial charge in [-0.25, -0.2) is 5.90 Å². The molecule has 0 bridgehead atoms. The van der Waals surface area contributed by atoms with E-state index in [9.17, 15) is 9.90 Å². The summed E-state index contributed by atoms with van der Waals surface area (Å²) in [6, 6.07) is 0. The number of ketones is 1. The zero-order chi connectivity index (χ0) is 17.5. The molecule has 0 amide bonds. The SMILES string of the molecule is C[C@@]12CCCC1C1C[C@@H](O)C3=CC(=O)CC[C@]3(C)C1CC2.[K+].[NH-]ON.[W]. The molecule has 5 nitrogen and oxygen atoms in total. The molecule has 0 aliphatic heterocycles. The summed E-state index contributed by atoms with van der Waals surface area (Å²) in [6.07, 6.45) is 10.7. The second-order valence-corrected chi connectivity index (χ2v) is 8.81. The molecular formula is C19H31KN2O3W. The van der Waals surface area contributed by atoms with E-state index in [2.05, 4.69) is 24.7 Å². The van der Waals surface area contributed by atoms with Crippen molar-refractivity contribution in [2.45, 2.75) is 71.3 Å². The number of nitrogens with two attached hydrogens (primary N) is 1. The van der Waals surface area contributed by atoms with Crippen LogP contribution in [0.4, 0.5) is 0 Å². The Hall–Kier alpha value is 1.57. The molecule has 142 valence electrons. The molecule has 3 saturated carbocycles. The summed E-state index contributed by atoms with van der Waals surface area (Å²) in [5, 5.41) is 10.7. The van der Waals surface area contributed by atoms with Gasteiger partial charge in [-0.15, -0.1) is 0 Å². The van der Waals surface area contributed by atoms with Crippen LogP contribution in [0.1, 0.15) is 65.2 Å². The molecule has 0 spiro atoms. The van der Waals surface area contributed by atoms with Gasteiger partial charge in [0.15, 0.2) is 5.78 Å². The fourth-order valence-corrected chi connectivity index (χ4v) is 6.60. The normalized spacial score (nSPS) is 43.3. The Morgan fingerprint density at radius 1 is 1.23 bits per heavy atom. The van der Waals surface area contributed by atoms with Crippen molar-refractivity contribution >= 4 is 5.78 Å². The first kappa shape index (κ1) is 25.6. The fraction of sp³-hybridized carbons (Fsp3) is 0.842. The maximum Gasteiger partial charge on any atom is 1.00 e. The van der Waals surface area contributed by atoms with E-state index in [0.29, 0.717) is 23.7 Å². The largest absolute Gasteiger partial charge is 1.00 e. The predicted octanol–water partition coefficient (Wildman–Crippen LogP) is 0.725. The van der Waals surface area contributed by atoms with E-state index in [1.165, 1.54) is 32.1 Å². The molecule has 4 N–H and O–H groups in total. The average molecular weight is 558 g/mol. The van der Waals surface area contributed by atoms with Crippen molar-refractivity contribution < 1.29 is 87.3 Å². The summed E-state index contributed by atoms with van der Waals surface area (Å²) in [5.41, 5.74) is 1.69. The molecule has 0 radical (unpaired) electrons. The Bertz CT molecular complexity index is 547. The average Bonchev–Trinajstić information content (AvgIpc) is 2.92. The Morgan fingerprint density at radius 2 is 1.88 bits per heavy atom. The number of carbonyl (C=O) groups excluding carboxylic acids is 1. The van der Waals surface area contributed by atoms with Gasteiger partial charge in [0.1, 0.15) is 0 Å². The van der Waals surface area contributed by atoms with Gasteiger partial charge in [-0.2, -0.15) is 0 Å². The number of nitrogens with one attached hydrogen (secondary N) is 1. The summed E-state index contributed by atoms with van der Waals surface area (Å²) < 4.78 is 0. The maximum atomic E-state index is 11.8. The van der Waals surface area contributed by atoms with Gasteiger partial charge in [-0.05, 0) is 78.8 Å². The quantitative estimate of drug-likeness (QED) is 0.339. The first-order valence-electron chi connectivity index (χ1n) is 9.31. The van der Waals surface area contributed by atoms with Crippen LogP contribution in [0, 0.1) is 28.6 Å². The van der Waals surface area contributed by atoms with E-state index in [1.54, 1.807) is 6.08 Å². The molecule has 6 atom stereocenters. The third-order valence-corrected chi connectivity index (χ3v) is 7.76. The topological polar surface area (TPSA) is 96.3 Å². The van der Waals surface area contributed by atoms with E-state index in [-0.39, 0.29) is 89.8 Å². The van der Waals surface area contributed by atoms with Gasteiger partial charge >= 0.3 is 51.4 Å². The van der Waals surface area contributed by atoms with Crippen LogP contribution in [0.3, 0.4) is 0 Å². The van der Waals surface area contributed by atoms with E-state index < -0.39 is 0 Å². The number of fused-ring (bicyclic) bond motifs is 5. The third kappa shape index (κ3) is 4.50. The van der Waals surface area contributed by atoms with Crippen LogP contribution in [0.25, 0.3) is 5.90 Å². The summed E-state index contributed by atoms with van der Waals surface area (Å²) in [4.78, 5) is 14.8. The van der Waals surface area contributed by atoms with Crippen LogP contribution in [-0.2, 0) is 30.8 Å². The molecule has 0 heterocycles. The Labute approximate surface area is 214 Å². The van der Waals surface area contributed by atoms with Crippen molar-refractivity contribution in [3.63, 3.8) is 0 Å². The van der Waals surface area contributed by atoms with E-state index in [4.69, 9.17) is 5.90 Å². The van der Waals surface area contributed by atoms with Gasteiger partial charge in [0, 0.05) is 27.5 Å². The first-order valence-corrected chi connectivity index (χ1v) is 9.31. The standard InChI is InChI=1S/C19H28O2.K.H3N2O.W/c1-18-7-3-4-14(18)13-11-17(21)16-10-12(20)5-9-19(16,2)15(13)6-8-18;;1-3-2;/h10,13-15,17,21H,3-9,11H2,1-2H3;;1H,2H2;/q;+1;-1;/t13?,14?,15?,17-,18+,19-;;;/m1.../s1. The molecule has 4 aliphatic carbocycles. The van der Waals surface area contributed by atoms with Crippen LogP contribution in [0.5, 0.6) is 0 Å². The number of aliphatic hydroxyl groups is 1. The number of hydrogen-bond acceptors (Lipinski definition) is 4. The molecule has 7 heteroatoms. The molecule has 3 fully saturated rings. The van der Waals surface area contributed by atoms with Gasteiger partial charge in [0.2, 0.25) is 0 Å². The molecular weight excluding hydrogens is 527 g/mol. The second-order valence-electron chi connectivity index (χ2n) is 8.81. The van der Waals surface area contributed by atoms with Crippen LogP contribution in [0.15, 0.2) is 11.6 Å². The van der Waals surface area contributed by atoms with E-state index in [0.717, 1.165) is 24.3 Å². The number of hydrogen-bond donors (Lipinski definition) is 2. The Kier molecular flexibility index (Phi) is 9.91. The van der Waals surface area contributed by atoms with E-state index in [1.807, 2.05) is 0 Å². The van der Waals surface area contributed by atoms with Crippen LogP contribution < -0.4 is 57.3 Å². The van der Waals surface area contributed by atoms with Gasteiger partial charge in [0.05, 0.1) is 6.10 Å². The molecule has 3 unspecified atom stereocenters. The fourth-order valence-electron chi connectivity index (χ4n) is 6.60. The van der Waals surface area contributed by atoms with Crippen LogP contribution >= 0.6 is 0 Å². The minimum absolute atomic E-state index is 0. The van der Waals surface area contributed by atoms with Gasteiger partial charge in [-0.1, -0.05) is 20.3 Å².